The van der Waals surface area contributed by atoms with Gasteiger partial charge in [0.05, 0.1) is 19.0 Å². The van der Waals surface area contributed by atoms with Gasteiger partial charge in [-0.3, -0.25) is 28.8 Å². The van der Waals surface area contributed by atoms with E-state index < -0.39 is 103 Å². The van der Waals surface area contributed by atoms with Crippen LogP contribution in [0.5, 0.6) is 0 Å². The fourth-order valence-electron chi connectivity index (χ4n) is 4.01. The summed E-state index contributed by atoms with van der Waals surface area (Å²) in [7, 11) is 0. The predicted octanol–water partition coefficient (Wildman–Crippen LogP) is -4.83. The summed E-state index contributed by atoms with van der Waals surface area (Å²) in [5.41, 5.74) is 11.4. The van der Waals surface area contributed by atoms with Crippen LogP contribution in [0.4, 0.5) is 0 Å². The molecular formula is C27H45N9O11. The van der Waals surface area contributed by atoms with Crippen molar-refractivity contribution in [3.05, 3.63) is 18.2 Å². The Balaban J connectivity index is 2.98. The fourth-order valence-corrected chi connectivity index (χ4v) is 4.01. The fraction of sp³-hybridized carbons (Fsp3) is 0.630. The van der Waals surface area contributed by atoms with Crippen LogP contribution >= 0.6 is 0 Å². The third kappa shape index (κ3) is 14.5. The van der Waals surface area contributed by atoms with Crippen molar-refractivity contribution in [1.82, 2.24) is 36.6 Å². The SMILES string of the molecule is C[C@H](NC(=O)[C@H](CO)NC(=O)[C@H](CCC(=O)O)NC(=O)[C@@H](N)[C@@H](C)O)C(=O)N[C@@H](Cc1cnc[nH]1)C(=O)N[C@@H](CCCCN)C(=O)O. The lowest BCUT2D eigenvalue weighted by atomic mass is 10.1. The molecule has 0 radical (unpaired) electrons. The van der Waals surface area contributed by atoms with Crippen LogP contribution in [0, 0.1) is 0 Å². The summed E-state index contributed by atoms with van der Waals surface area (Å²) in [5, 5.41) is 49.3. The average Bonchev–Trinajstić information content (AvgIpc) is 3.53. The van der Waals surface area contributed by atoms with Crippen molar-refractivity contribution < 1.29 is 54.0 Å². The number of nitrogens with zero attached hydrogens (tertiary/aromatic N) is 1. The number of H-pyrrole nitrogens is 1. The minimum atomic E-state index is -1.67. The molecule has 0 aliphatic rings. The van der Waals surface area contributed by atoms with Gasteiger partial charge >= 0.3 is 11.9 Å². The van der Waals surface area contributed by atoms with Gasteiger partial charge in [0.25, 0.3) is 0 Å². The van der Waals surface area contributed by atoms with E-state index in [-0.39, 0.29) is 12.8 Å². The van der Waals surface area contributed by atoms with Crippen LogP contribution in [-0.2, 0) is 40.0 Å². The molecule has 0 unspecified atom stereocenters. The summed E-state index contributed by atoms with van der Waals surface area (Å²) in [6.45, 7) is 1.84. The van der Waals surface area contributed by atoms with Gasteiger partial charge in [0.15, 0.2) is 0 Å². The number of rotatable bonds is 22. The Bertz CT molecular complexity index is 1210. The van der Waals surface area contributed by atoms with Crippen molar-refractivity contribution in [2.24, 2.45) is 11.5 Å². The van der Waals surface area contributed by atoms with Gasteiger partial charge in [0.1, 0.15) is 36.3 Å². The molecule has 1 rings (SSSR count). The zero-order valence-electron chi connectivity index (χ0n) is 26.1. The van der Waals surface area contributed by atoms with Gasteiger partial charge in [-0.2, -0.15) is 0 Å². The molecule has 0 aliphatic heterocycles. The van der Waals surface area contributed by atoms with E-state index in [1.165, 1.54) is 26.4 Å². The lowest BCUT2D eigenvalue weighted by Crippen LogP contribution is -2.60. The van der Waals surface area contributed by atoms with Crippen LogP contribution in [0.15, 0.2) is 12.5 Å². The number of carbonyl (C=O) groups is 7. The number of aliphatic hydroxyl groups is 2. The van der Waals surface area contributed by atoms with Crippen molar-refractivity contribution in [2.75, 3.05) is 13.2 Å². The maximum absolute atomic E-state index is 13.1. The number of carboxylic acid groups (broad SMARTS) is 2. The van der Waals surface area contributed by atoms with Gasteiger partial charge in [-0.05, 0) is 46.1 Å². The third-order valence-electron chi connectivity index (χ3n) is 6.84. The number of nitrogens with two attached hydrogens (primary N) is 2. The minimum absolute atomic E-state index is 0.0952. The van der Waals surface area contributed by atoms with E-state index in [0.717, 1.165) is 0 Å². The summed E-state index contributed by atoms with van der Waals surface area (Å²) >= 11 is 0. The highest BCUT2D eigenvalue weighted by Gasteiger charge is 2.32. The molecule has 0 spiro atoms. The maximum atomic E-state index is 13.1. The molecule has 47 heavy (non-hydrogen) atoms. The Morgan fingerprint density at radius 2 is 1.38 bits per heavy atom. The molecule has 0 bridgehead atoms. The highest BCUT2D eigenvalue weighted by atomic mass is 16.4. The molecule has 20 heteroatoms. The van der Waals surface area contributed by atoms with E-state index in [0.29, 0.717) is 25.1 Å². The molecule has 0 fully saturated rings. The molecule has 20 nitrogen and oxygen atoms in total. The van der Waals surface area contributed by atoms with Gasteiger partial charge in [0, 0.05) is 24.7 Å². The quantitative estimate of drug-likeness (QED) is 0.0515. The first-order chi connectivity index (χ1) is 22.1. The zero-order valence-corrected chi connectivity index (χ0v) is 26.1. The molecular weight excluding hydrogens is 626 g/mol. The molecule has 5 amide bonds. The lowest BCUT2D eigenvalue weighted by molar-refractivity contribution is -0.142. The zero-order chi connectivity index (χ0) is 35.7. The van der Waals surface area contributed by atoms with E-state index in [1.807, 2.05) is 0 Å². The summed E-state index contributed by atoms with van der Waals surface area (Å²) in [5.74, 6) is -7.35. The Morgan fingerprint density at radius 3 is 1.91 bits per heavy atom. The van der Waals surface area contributed by atoms with Crippen molar-refractivity contribution >= 4 is 41.5 Å². The molecule has 264 valence electrons. The number of aliphatic hydroxyl groups excluding tert-OH is 2. The van der Waals surface area contributed by atoms with Crippen molar-refractivity contribution in [3.8, 4) is 0 Å². The first-order valence-corrected chi connectivity index (χ1v) is 14.8. The average molecular weight is 672 g/mol. The molecule has 0 saturated heterocycles. The van der Waals surface area contributed by atoms with E-state index in [2.05, 4.69) is 36.6 Å². The number of amides is 5. The molecule has 0 aromatic carbocycles. The van der Waals surface area contributed by atoms with Gasteiger partial charge in [-0.15, -0.1) is 0 Å². The molecule has 1 aromatic heterocycles. The number of aromatic amines is 1. The van der Waals surface area contributed by atoms with Crippen LogP contribution in [-0.4, -0.2) is 127 Å². The van der Waals surface area contributed by atoms with Crippen LogP contribution < -0.4 is 38.1 Å². The van der Waals surface area contributed by atoms with Gasteiger partial charge in [-0.1, -0.05) is 0 Å². The van der Waals surface area contributed by atoms with Gasteiger partial charge in [0.2, 0.25) is 29.5 Å². The molecule has 0 saturated carbocycles. The number of imidazole rings is 1. The first-order valence-electron chi connectivity index (χ1n) is 14.8. The molecule has 1 heterocycles. The van der Waals surface area contributed by atoms with Gasteiger partial charge < -0.3 is 63.5 Å². The number of hydrogen-bond acceptors (Lipinski definition) is 12. The van der Waals surface area contributed by atoms with Crippen LogP contribution in [0.3, 0.4) is 0 Å². The molecule has 14 N–H and O–H groups in total. The monoisotopic (exact) mass is 671 g/mol. The Kier molecular flexibility index (Phi) is 17.6. The summed E-state index contributed by atoms with van der Waals surface area (Å²) < 4.78 is 0. The number of aromatic nitrogens is 2. The smallest absolute Gasteiger partial charge is 0.326 e. The number of carbonyl (C=O) groups excluding carboxylic acids is 5. The Morgan fingerprint density at radius 1 is 0.809 bits per heavy atom. The number of unbranched alkanes of at least 4 members (excludes halogenated alkanes) is 1. The topological polar surface area (TPSA) is 341 Å². The van der Waals surface area contributed by atoms with Crippen LogP contribution in [0.2, 0.25) is 0 Å². The van der Waals surface area contributed by atoms with Gasteiger partial charge in [-0.25, -0.2) is 9.78 Å². The second-order valence-corrected chi connectivity index (χ2v) is 10.8. The van der Waals surface area contributed by atoms with Crippen LogP contribution in [0.25, 0.3) is 0 Å². The molecule has 0 aliphatic carbocycles. The lowest BCUT2D eigenvalue weighted by Gasteiger charge is -2.25. The Labute approximate surface area is 269 Å². The Hall–Kier alpha value is -4.66. The number of carboxylic acids is 2. The number of nitrogens with one attached hydrogen (secondary N) is 6. The molecule has 7 atom stereocenters. The largest absolute Gasteiger partial charge is 0.481 e. The second-order valence-electron chi connectivity index (χ2n) is 10.8. The summed E-state index contributed by atoms with van der Waals surface area (Å²) in [6, 6.07) is -8.54. The van der Waals surface area contributed by atoms with E-state index in [9.17, 15) is 48.9 Å². The summed E-state index contributed by atoms with van der Waals surface area (Å²) in [4.78, 5) is 93.5. The number of aliphatic carboxylic acids is 2. The highest BCUT2D eigenvalue weighted by Crippen LogP contribution is 2.06. The van der Waals surface area contributed by atoms with E-state index in [1.54, 1.807) is 0 Å². The van der Waals surface area contributed by atoms with Crippen LogP contribution in [0.1, 0.15) is 51.6 Å². The highest BCUT2D eigenvalue weighted by molar-refractivity contribution is 5.96. The second kappa shape index (κ2) is 20.5. The first kappa shape index (κ1) is 40.4. The van der Waals surface area contributed by atoms with Crippen molar-refractivity contribution in [1.29, 1.82) is 0 Å². The number of hydrogen-bond donors (Lipinski definition) is 12. The van der Waals surface area contributed by atoms with Crippen molar-refractivity contribution in [2.45, 2.75) is 94.7 Å². The van der Waals surface area contributed by atoms with E-state index >= 15 is 0 Å². The standard InChI is InChI=1S/C27H45N9O11/c1-13(22(41)35-18(9-15-10-30-12-31-15)24(43)34-17(27(46)47)5-3-4-8-28)32-25(44)19(11-37)36-23(42)16(6-7-20(39)40)33-26(45)21(29)14(2)38/h10,12-14,16-19,21,37-38H,3-9,11,28-29H2,1-2H3,(H,30,31)(H,32,44)(H,33,45)(H,34,43)(H,35,41)(H,36,42)(H,39,40)(H,46,47)/t13-,14+,16-,17-,18-,19-,21-/m0/s1. The molecule has 1 aromatic rings. The maximum Gasteiger partial charge on any atom is 0.326 e. The predicted molar refractivity (Wildman–Crippen MR) is 162 cm³/mol. The third-order valence-corrected chi connectivity index (χ3v) is 6.84. The van der Waals surface area contributed by atoms with E-state index in [4.69, 9.17) is 16.6 Å². The minimum Gasteiger partial charge on any atom is -0.481 e. The normalized spacial score (nSPS) is 15.4. The van der Waals surface area contributed by atoms with Crippen molar-refractivity contribution in [3.63, 3.8) is 0 Å². The summed E-state index contributed by atoms with van der Waals surface area (Å²) in [6.07, 6.45) is 1.39.